The van der Waals surface area contributed by atoms with Gasteiger partial charge >= 0.3 is 0 Å². The number of nitrogens with zero attached hydrogens (tertiary/aromatic N) is 1. The lowest BCUT2D eigenvalue weighted by Gasteiger charge is -2.05. The Bertz CT molecular complexity index is 674. The molecule has 0 heterocycles. The second kappa shape index (κ2) is 7.78. The Morgan fingerprint density at radius 3 is 2.41 bits per heavy atom. The number of nitrogens with two attached hydrogens (primary N) is 1. The lowest BCUT2D eigenvalue weighted by atomic mass is 10.1. The topological polar surface area (TPSA) is 64.7 Å². The minimum Gasteiger partial charge on any atom is -0.497 e. The number of aldehydes is 1. The van der Waals surface area contributed by atoms with Crippen molar-refractivity contribution in [3.8, 4) is 5.75 Å². The number of methoxy groups -OCH3 is 1. The first kappa shape index (κ1) is 15.5. The van der Waals surface area contributed by atoms with Crippen molar-refractivity contribution in [3.63, 3.8) is 0 Å². The highest BCUT2D eigenvalue weighted by Gasteiger charge is 2.02. The Balaban J connectivity index is 2.28. The summed E-state index contributed by atoms with van der Waals surface area (Å²) in [7, 11) is 1.63. The summed E-state index contributed by atoms with van der Waals surface area (Å²) in [5.41, 5.74) is 8.38. The molecular weight excluding hydrogens is 276 g/mol. The van der Waals surface area contributed by atoms with Crippen LogP contribution < -0.4 is 10.5 Å². The van der Waals surface area contributed by atoms with Gasteiger partial charge in [0.25, 0.3) is 0 Å². The summed E-state index contributed by atoms with van der Waals surface area (Å²) in [6.45, 7) is 0. The average Bonchev–Trinajstić information content (AvgIpc) is 2.56. The summed E-state index contributed by atoms with van der Waals surface area (Å²) < 4.78 is 5.14. The number of para-hydroxylation sites is 1. The normalized spacial score (nSPS) is 12.0. The molecule has 112 valence electrons. The van der Waals surface area contributed by atoms with Gasteiger partial charge in [-0.25, -0.2) is 0 Å². The van der Waals surface area contributed by atoms with Crippen LogP contribution in [0, 0.1) is 0 Å². The number of benzene rings is 2. The molecule has 0 aromatic heterocycles. The summed E-state index contributed by atoms with van der Waals surface area (Å²) in [5.74, 6) is 0.799. The van der Waals surface area contributed by atoms with Gasteiger partial charge in [-0.15, -0.1) is 0 Å². The molecule has 4 nitrogen and oxygen atoms in total. The predicted molar refractivity (Wildman–Crippen MR) is 88.6 cm³/mol. The van der Waals surface area contributed by atoms with Gasteiger partial charge in [0.05, 0.1) is 18.5 Å². The molecule has 2 aromatic carbocycles. The van der Waals surface area contributed by atoms with Crippen LogP contribution in [-0.2, 0) is 11.2 Å². The molecule has 2 aromatic rings. The third-order valence-electron chi connectivity index (χ3n) is 3.04. The maximum Gasteiger partial charge on any atom is 0.165 e. The lowest BCUT2D eigenvalue weighted by molar-refractivity contribution is -0.104. The molecular formula is C18H18N2O2. The number of rotatable bonds is 6. The Morgan fingerprint density at radius 2 is 1.82 bits per heavy atom. The van der Waals surface area contributed by atoms with E-state index in [1.54, 1.807) is 13.2 Å². The summed E-state index contributed by atoms with van der Waals surface area (Å²) in [6, 6.07) is 17.3. The highest BCUT2D eigenvalue weighted by molar-refractivity contribution is 6.01. The summed E-state index contributed by atoms with van der Waals surface area (Å²) >= 11 is 0. The molecule has 0 saturated carbocycles. The number of hydrogen-bond acceptors (Lipinski definition) is 4. The molecule has 0 radical (unpaired) electrons. The molecule has 0 aliphatic carbocycles. The van der Waals surface area contributed by atoms with Crippen molar-refractivity contribution >= 4 is 17.7 Å². The maximum atomic E-state index is 10.8. The van der Waals surface area contributed by atoms with Crippen molar-refractivity contribution in [2.75, 3.05) is 7.11 Å². The SMILES string of the molecule is COc1ccc(CC(C=C(N)C=O)=Nc2ccccc2)cc1. The molecule has 2 rings (SSSR count). The van der Waals surface area contributed by atoms with Gasteiger partial charge in [0, 0.05) is 12.1 Å². The molecule has 0 saturated heterocycles. The molecule has 0 atom stereocenters. The molecule has 22 heavy (non-hydrogen) atoms. The number of carbonyl (C=O) groups is 1. The Kier molecular flexibility index (Phi) is 5.49. The molecule has 0 aliphatic heterocycles. The first-order valence-corrected chi connectivity index (χ1v) is 6.89. The van der Waals surface area contributed by atoms with Crippen LogP contribution in [-0.4, -0.2) is 19.1 Å². The quantitative estimate of drug-likeness (QED) is 0.506. The number of aliphatic imine (C=N–C) groups is 1. The van der Waals surface area contributed by atoms with Gasteiger partial charge in [-0.1, -0.05) is 30.3 Å². The van der Waals surface area contributed by atoms with Crippen LogP contribution >= 0.6 is 0 Å². The van der Waals surface area contributed by atoms with Gasteiger partial charge < -0.3 is 10.5 Å². The van der Waals surface area contributed by atoms with E-state index in [1.807, 2.05) is 54.6 Å². The summed E-state index contributed by atoms with van der Waals surface area (Å²) in [5, 5.41) is 0. The highest BCUT2D eigenvalue weighted by Crippen LogP contribution is 2.15. The van der Waals surface area contributed by atoms with Crippen LogP contribution in [0.3, 0.4) is 0 Å². The van der Waals surface area contributed by atoms with E-state index in [0.717, 1.165) is 22.7 Å². The molecule has 0 amide bonds. The summed E-state index contributed by atoms with van der Waals surface area (Å²) in [6.07, 6.45) is 2.80. The van der Waals surface area contributed by atoms with Gasteiger partial charge in [-0.3, -0.25) is 9.79 Å². The van der Waals surface area contributed by atoms with Crippen LogP contribution in [0.5, 0.6) is 5.75 Å². The van der Waals surface area contributed by atoms with Crippen molar-refractivity contribution in [1.29, 1.82) is 0 Å². The molecule has 2 N–H and O–H groups in total. The fourth-order valence-electron chi connectivity index (χ4n) is 1.97. The third-order valence-corrected chi connectivity index (χ3v) is 3.04. The van der Waals surface area contributed by atoms with Crippen LogP contribution in [0.1, 0.15) is 5.56 Å². The molecule has 0 aliphatic rings. The van der Waals surface area contributed by atoms with Crippen molar-refractivity contribution in [3.05, 3.63) is 71.9 Å². The van der Waals surface area contributed by atoms with E-state index < -0.39 is 0 Å². The zero-order valence-electron chi connectivity index (χ0n) is 12.4. The van der Waals surface area contributed by atoms with Crippen LogP contribution in [0.4, 0.5) is 5.69 Å². The first-order chi connectivity index (χ1) is 10.7. The van der Waals surface area contributed by atoms with Crippen LogP contribution in [0.15, 0.2) is 71.4 Å². The van der Waals surface area contributed by atoms with E-state index in [2.05, 4.69) is 4.99 Å². The standard InChI is InChI=1S/C18H18N2O2/c1-22-18-9-7-14(8-10-18)11-17(12-15(19)13-21)20-16-5-3-2-4-6-16/h2-10,12-13H,11,19H2,1H3. The number of hydrogen-bond donors (Lipinski definition) is 1. The van der Waals surface area contributed by atoms with E-state index >= 15 is 0 Å². The lowest BCUT2D eigenvalue weighted by Crippen LogP contribution is -2.06. The molecule has 0 unspecified atom stereocenters. The van der Waals surface area contributed by atoms with Gasteiger partial charge in [-0.2, -0.15) is 0 Å². The largest absolute Gasteiger partial charge is 0.497 e. The van der Waals surface area contributed by atoms with Gasteiger partial charge in [0.15, 0.2) is 6.29 Å². The van der Waals surface area contributed by atoms with Gasteiger partial charge in [-0.05, 0) is 35.9 Å². The van der Waals surface area contributed by atoms with Gasteiger partial charge in [0.1, 0.15) is 5.75 Å². The van der Waals surface area contributed by atoms with Crippen molar-refractivity contribution in [2.24, 2.45) is 10.7 Å². The van der Waals surface area contributed by atoms with Crippen molar-refractivity contribution < 1.29 is 9.53 Å². The number of allylic oxidation sites excluding steroid dienone is 2. The zero-order chi connectivity index (χ0) is 15.8. The molecule has 0 spiro atoms. The van der Waals surface area contributed by atoms with Crippen molar-refractivity contribution in [2.45, 2.75) is 6.42 Å². The third kappa shape index (κ3) is 4.59. The molecule has 0 bridgehead atoms. The Hall–Kier alpha value is -2.88. The minimum absolute atomic E-state index is 0.156. The summed E-state index contributed by atoms with van der Waals surface area (Å²) in [4.78, 5) is 15.3. The van der Waals surface area contributed by atoms with Crippen LogP contribution in [0.2, 0.25) is 0 Å². The maximum absolute atomic E-state index is 10.8. The molecule has 4 heteroatoms. The highest BCUT2D eigenvalue weighted by atomic mass is 16.5. The second-order valence-electron chi connectivity index (χ2n) is 4.73. The Morgan fingerprint density at radius 1 is 1.14 bits per heavy atom. The fourth-order valence-corrected chi connectivity index (χ4v) is 1.97. The van der Waals surface area contributed by atoms with E-state index in [0.29, 0.717) is 12.7 Å². The average molecular weight is 294 g/mol. The van der Waals surface area contributed by atoms with E-state index in [1.165, 1.54) is 0 Å². The smallest absolute Gasteiger partial charge is 0.165 e. The van der Waals surface area contributed by atoms with E-state index in [-0.39, 0.29) is 5.70 Å². The molecule has 0 fully saturated rings. The van der Waals surface area contributed by atoms with E-state index in [9.17, 15) is 4.79 Å². The van der Waals surface area contributed by atoms with Gasteiger partial charge in [0.2, 0.25) is 0 Å². The first-order valence-electron chi connectivity index (χ1n) is 6.89. The fraction of sp³-hybridized carbons (Fsp3) is 0.111. The zero-order valence-corrected chi connectivity index (χ0v) is 12.4. The number of carbonyl (C=O) groups excluding carboxylic acids is 1. The van der Waals surface area contributed by atoms with Crippen molar-refractivity contribution in [1.82, 2.24) is 0 Å². The number of ether oxygens (including phenoxy) is 1. The Labute approximate surface area is 129 Å². The van der Waals surface area contributed by atoms with Crippen LogP contribution in [0.25, 0.3) is 0 Å². The predicted octanol–water partition coefficient (Wildman–Crippen LogP) is 3.05. The minimum atomic E-state index is 0.156. The second-order valence-corrected chi connectivity index (χ2v) is 4.73. The monoisotopic (exact) mass is 294 g/mol. The van der Waals surface area contributed by atoms with E-state index in [4.69, 9.17) is 10.5 Å².